The number of rotatable bonds is 5. The first-order valence-corrected chi connectivity index (χ1v) is 8.58. The molecule has 0 radical (unpaired) electrons. The van der Waals surface area contributed by atoms with Gasteiger partial charge in [-0.25, -0.2) is 4.79 Å². The van der Waals surface area contributed by atoms with Crippen LogP contribution in [0, 0.1) is 12.8 Å². The number of benzene rings is 1. The molecule has 1 aliphatic heterocycles. The van der Waals surface area contributed by atoms with Crippen molar-refractivity contribution >= 4 is 11.7 Å². The van der Waals surface area contributed by atoms with Crippen LogP contribution < -0.4 is 15.4 Å². The first kappa shape index (κ1) is 16.1. The molecule has 0 aromatic heterocycles. The van der Waals surface area contributed by atoms with Gasteiger partial charge in [-0.05, 0) is 57.1 Å². The molecule has 1 heterocycles. The Hall–Kier alpha value is -1.75. The number of amides is 2. The molecule has 0 unspecified atom stereocenters. The van der Waals surface area contributed by atoms with Gasteiger partial charge in [0.1, 0.15) is 5.75 Å². The molecular weight excluding hydrogens is 292 g/mol. The molecule has 1 aromatic rings. The minimum Gasteiger partial charge on any atom is -0.494 e. The predicted molar refractivity (Wildman–Crippen MR) is 90.0 cm³/mol. The van der Waals surface area contributed by atoms with Crippen LogP contribution in [0.2, 0.25) is 0 Å². The topological polar surface area (TPSA) is 59.6 Å². The van der Waals surface area contributed by atoms with Gasteiger partial charge in [0.25, 0.3) is 0 Å². The van der Waals surface area contributed by atoms with Crippen LogP contribution in [0.25, 0.3) is 0 Å². The van der Waals surface area contributed by atoms with E-state index in [4.69, 9.17) is 9.47 Å². The zero-order valence-electron chi connectivity index (χ0n) is 13.9. The molecule has 2 N–H and O–H groups in total. The van der Waals surface area contributed by atoms with Crippen LogP contribution in [0.3, 0.4) is 0 Å². The fourth-order valence-corrected chi connectivity index (χ4v) is 3.10. The zero-order chi connectivity index (χ0) is 16.2. The Morgan fingerprint density at radius 1 is 1.35 bits per heavy atom. The third-order valence-electron chi connectivity index (χ3n) is 4.54. The Labute approximate surface area is 137 Å². The fraction of sp³-hybridized carbons (Fsp3) is 0.611. The molecule has 1 saturated carbocycles. The van der Waals surface area contributed by atoms with Crippen molar-refractivity contribution in [2.24, 2.45) is 5.92 Å². The number of nitrogens with one attached hydrogen (secondary N) is 2. The van der Waals surface area contributed by atoms with E-state index in [1.54, 1.807) is 0 Å². The molecule has 1 saturated heterocycles. The standard InChI is InChI=1S/C18H26N2O3/c1-3-22-16-10-14(7-4-12(16)2)19-18(21)20-15-8-9-23-17(11-15)13-5-6-13/h4,7,10,13,15,17H,3,5-6,8-9,11H2,1-2H3,(H2,19,20,21)/t15-,17-/m0/s1. The van der Waals surface area contributed by atoms with E-state index in [0.29, 0.717) is 18.6 Å². The molecule has 2 fully saturated rings. The van der Waals surface area contributed by atoms with Crippen molar-refractivity contribution in [3.8, 4) is 5.75 Å². The van der Waals surface area contributed by atoms with Crippen molar-refractivity contribution in [2.75, 3.05) is 18.5 Å². The molecule has 0 bridgehead atoms. The summed E-state index contributed by atoms with van der Waals surface area (Å²) in [6, 6.07) is 5.77. The monoisotopic (exact) mass is 318 g/mol. The molecule has 23 heavy (non-hydrogen) atoms. The number of carbonyl (C=O) groups is 1. The Balaban J connectivity index is 1.53. The molecule has 5 nitrogen and oxygen atoms in total. The summed E-state index contributed by atoms with van der Waals surface area (Å²) >= 11 is 0. The minimum atomic E-state index is -0.155. The Kier molecular flexibility index (Phi) is 5.06. The first-order chi connectivity index (χ1) is 11.2. The van der Waals surface area contributed by atoms with Gasteiger partial charge in [-0.15, -0.1) is 0 Å². The van der Waals surface area contributed by atoms with Crippen LogP contribution in [0.1, 0.15) is 38.2 Å². The van der Waals surface area contributed by atoms with Crippen molar-refractivity contribution in [1.29, 1.82) is 0 Å². The van der Waals surface area contributed by atoms with Gasteiger partial charge in [0.05, 0.1) is 12.7 Å². The lowest BCUT2D eigenvalue weighted by molar-refractivity contribution is -0.00889. The molecule has 2 atom stereocenters. The second kappa shape index (κ2) is 7.21. The third kappa shape index (κ3) is 4.38. The summed E-state index contributed by atoms with van der Waals surface area (Å²) in [6.45, 7) is 5.30. The predicted octanol–water partition coefficient (Wildman–Crippen LogP) is 3.47. The summed E-state index contributed by atoms with van der Waals surface area (Å²) in [5.74, 6) is 1.53. The average molecular weight is 318 g/mol. The number of hydrogen-bond donors (Lipinski definition) is 2. The van der Waals surface area contributed by atoms with Crippen LogP contribution >= 0.6 is 0 Å². The highest BCUT2D eigenvalue weighted by atomic mass is 16.5. The molecule has 0 spiro atoms. The summed E-state index contributed by atoms with van der Waals surface area (Å²) in [6.07, 6.45) is 4.68. The molecule has 1 aliphatic carbocycles. The van der Waals surface area contributed by atoms with Crippen LogP contribution in [-0.2, 0) is 4.74 Å². The van der Waals surface area contributed by atoms with Crippen LogP contribution in [0.15, 0.2) is 18.2 Å². The molecule has 1 aromatic carbocycles. The lowest BCUT2D eigenvalue weighted by Gasteiger charge is -2.30. The third-order valence-corrected chi connectivity index (χ3v) is 4.54. The SMILES string of the molecule is CCOc1cc(NC(=O)N[C@H]2CCO[C@H](C3CC3)C2)ccc1C. The van der Waals surface area contributed by atoms with E-state index in [2.05, 4.69) is 10.6 Å². The first-order valence-electron chi connectivity index (χ1n) is 8.58. The Morgan fingerprint density at radius 2 is 2.17 bits per heavy atom. The smallest absolute Gasteiger partial charge is 0.319 e. The quantitative estimate of drug-likeness (QED) is 0.874. The van der Waals surface area contributed by atoms with E-state index in [1.165, 1.54) is 12.8 Å². The molecule has 2 aliphatic rings. The van der Waals surface area contributed by atoms with E-state index >= 15 is 0 Å². The number of hydrogen-bond acceptors (Lipinski definition) is 3. The van der Waals surface area contributed by atoms with Gasteiger partial charge in [-0.1, -0.05) is 6.07 Å². The van der Waals surface area contributed by atoms with Crippen molar-refractivity contribution < 1.29 is 14.3 Å². The lowest BCUT2D eigenvalue weighted by Crippen LogP contribution is -2.44. The van der Waals surface area contributed by atoms with Crippen molar-refractivity contribution in [1.82, 2.24) is 5.32 Å². The maximum atomic E-state index is 12.2. The summed E-state index contributed by atoms with van der Waals surface area (Å²) in [5, 5.41) is 5.98. The molecule has 5 heteroatoms. The van der Waals surface area contributed by atoms with E-state index in [0.717, 1.165) is 36.4 Å². The van der Waals surface area contributed by atoms with Gasteiger partial charge in [-0.2, -0.15) is 0 Å². The van der Waals surface area contributed by atoms with Gasteiger partial charge in [0.2, 0.25) is 0 Å². The summed E-state index contributed by atoms with van der Waals surface area (Å²) in [5.41, 5.74) is 1.82. The van der Waals surface area contributed by atoms with Gasteiger partial charge in [0, 0.05) is 24.4 Å². The summed E-state index contributed by atoms with van der Waals surface area (Å²) in [4.78, 5) is 12.2. The van der Waals surface area contributed by atoms with E-state index < -0.39 is 0 Å². The minimum absolute atomic E-state index is 0.155. The summed E-state index contributed by atoms with van der Waals surface area (Å²) in [7, 11) is 0. The molecule has 2 amide bonds. The number of anilines is 1. The van der Waals surface area contributed by atoms with E-state index in [1.807, 2.05) is 32.0 Å². The van der Waals surface area contributed by atoms with E-state index in [9.17, 15) is 4.79 Å². The second-order valence-electron chi connectivity index (χ2n) is 6.48. The normalized spacial score (nSPS) is 24.1. The number of carbonyl (C=O) groups excluding carboxylic acids is 1. The van der Waals surface area contributed by atoms with Crippen molar-refractivity contribution in [3.63, 3.8) is 0 Å². The van der Waals surface area contributed by atoms with E-state index in [-0.39, 0.29) is 12.1 Å². The van der Waals surface area contributed by atoms with Gasteiger partial charge in [-0.3, -0.25) is 0 Å². The molecule has 3 rings (SSSR count). The van der Waals surface area contributed by atoms with Crippen LogP contribution in [-0.4, -0.2) is 31.4 Å². The molecule has 126 valence electrons. The Morgan fingerprint density at radius 3 is 2.91 bits per heavy atom. The summed E-state index contributed by atoms with van der Waals surface area (Å²) < 4.78 is 11.4. The number of aryl methyl sites for hydroxylation is 1. The average Bonchev–Trinajstić information content (AvgIpc) is 3.36. The highest BCUT2D eigenvalue weighted by Crippen LogP contribution is 2.38. The largest absolute Gasteiger partial charge is 0.494 e. The van der Waals surface area contributed by atoms with Crippen molar-refractivity contribution in [2.45, 2.75) is 51.7 Å². The lowest BCUT2D eigenvalue weighted by atomic mass is 10.0. The maximum absolute atomic E-state index is 12.2. The van der Waals surface area contributed by atoms with Crippen LogP contribution in [0.5, 0.6) is 5.75 Å². The molecular formula is C18H26N2O3. The van der Waals surface area contributed by atoms with Gasteiger partial charge >= 0.3 is 6.03 Å². The number of urea groups is 1. The maximum Gasteiger partial charge on any atom is 0.319 e. The zero-order valence-corrected chi connectivity index (χ0v) is 13.9. The van der Waals surface area contributed by atoms with Gasteiger partial charge in [0.15, 0.2) is 0 Å². The highest BCUT2D eigenvalue weighted by Gasteiger charge is 2.36. The highest BCUT2D eigenvalue weighted by molar-refractivity contribution is 5.89. The fourth-order valence-electron chi connectivity index (χ4n) is 3.10. The second-order valence-corrected chi connectivity index (χ2v) is 6.48. The van der Waals surface area contributed by atoms with Crippen molar-refractivity contribution in [3.05, 3.63) is 23.8 Å². The van der Waals surface area contributed by atoms with Crippen LogP contribution in [0.4, 0.5) is 10.5 Å². The number of ether oxygens (including phenoxy) is 2. The Bertz CT molecular complexity index is 557. The van der Waals surface area contributed by atoms with Gasteiger partial charge < -0.3 is 20.1 Å².